The summed E-state index contributed by atoms with van der Waals surface area (Å²) in [6, 6.07) is 0. The number of fused-ring (bicyclic) bond motifs is 2. The van der Waals surface area contributed by atoms with Gasteiger partial charge in [0.05, 0.1) is 11.8 Å². The number of carbonyl (C=O) groups is 2. The van der Waals surface area contributed by atoms with Gasteiger partial charge in [-0.3, -0.25) is 9.59 Å². The first-order valence-electron chi connectivity index (χ1n) is 6.07. The number of nitrogens with one attached hydrogen (secondary N) is 1. The van der Waals surface area contributed by atoms with Crippen molar-refractivity contribution in [2.24, 2.45) is 23.7 Å². The summed E-state index contributed by atoms with van der Waals surface area (Å²) in [5, 5.41) is 20.3. The van der Waals surface area contributed by atoms with Crippen molar-refractivity contribution < 1.29 is 28.6 Å². The van der Waals surface area contributed by atoms with Crippen molar-refractivity contribution in [2.75, 3.05) is 6.54 Å². The zero-order valence-corrected chi connectivity index (χ0v) is 10.00. The fraction of sp³-hybridized carbons (Fsp3) is 0.667. The lowest BCUT2D eigenvalue weighted by molar-refractivity contribution is -0.148. The lowest BCUT2D eigenvalue weighted by Gasteiger charge is -2.24. The van der Waals surface area contributed by atoms with Gasteiger partial charge in [0.1, 0.15) is 6.10 Å². The highest BCUT2D eigenvalue weighted by Crippen LogP contribution is 2.48. The van der Waals surface area contributed by atoms with Crippen LogP contribution >= 0.6 is 0 Å². The molecule has 3 N–H and O–H groups in total. The molecule has 0 radical (unpaired) electrons. The van der Waals surface area contributed by atoms with Crippen LogP contribution in [0.15, 0.2) is 12.2 Å². The molecule has 2 rings (SSSR count). The van der Waals surface area contributed by atoms with Gasteiger partial charge < -0.3 is 15.5 Å². The number of halogens is 2. The number of aliphatic hydroxyl groups excluding tert-OH is 1. The Morgan fingerprint density at radius 2 is 1.84 bits per heavy atom. The minimum absolute atomic E-state index is 0.158. The van der Waals surface area contributed by atoms with E-state index in [-0.39, 0.29) is 11.8 Å². The number of aliphatic carboxylic acids is 1. The Labute approximate surface area is 108 Å². The highest BCUT2D eigenvalue weighted by molar-refractivity contribution is 5.86. The van der Waals surface area contributed by atoms with Gasteiger partial charge in [-0.15, -0.1) is 0 Å². The highest BCUT2D eigenvalue weighted by atomic mass is 19.3. The second-order valence-electron chi connectivity index (χ2n) is 4.99. The largest absolute Gasteiger partial charge is 0.481 e. The van der Waals surface area contributed by atoms with E-state index < -0.39 is 42.8 Å². The maximum atomic E-state index is 12.1. The topological polar surface area (TPSA) is 86.6 Å². The molecule has 0 heterocycles. The third-order valence-corrected chi connectivity index (χ3v) is 3.82. The standard InChI is InChI=1S/C12H15F2NO4/c13-10(14)7(16)4-15-11(17)8-5-1-2-6(3-5)9(8)12(18)19/h1-2,5-10,16H,3-4H2,(H,15,17)(H,18,19). The van der Waals surface area contributed by atoms with Crippen molar-refractivity contribution >= 4 is 11.9 Å². The molecule has 0 spiro atoms. The summed E-state index contributed by atoms with van der Waals surface area (Å²) < 4.78 is 24.2. The zero-order valence-electron chi connectivity index (χ0n) is 10.00. The van der Waals surface area contributed by atoms with Crippen LogP contribution in [-0.2, 0) is 9.59 Å². The molecule has 19 heavy (non-hydrogen) atoms. The van der Waals surface area contributed by atoms with E-state index in [9.17, 15) is 18.4 Å². The summed E-state index contributed by atoms with van der Waals surface area (Å²) >= 11 is 0. The third kappa shape index (κ3) is 2.60. The van der Waals surface area contributed by atoms with Gasteiger partial charge in [-0.25, -0.2) is 8.78 Å². The first kappa shape index (κ1) is 13.9. The molecule has 2 aliphatic rings. The molecule has 1 saturated carbocycles. The molecule has 0 saturated heterocycles. The second kappa shape index (κ2) is 5.24. The van der Waals surface area contributed by atoms with Crippen LogP contribution in [0.3, 0.4) is 0 Å². The quantitative estimate of drug-likeness (QED) is 0.628. The fourth-order valence-electron chi connectivity index (χ4n) is 2.93. The molecule has 5 nitrogen and oxygen atoms in total. The van der Waals surface area contributed by atoms with Crippen LogP contribution in [0.1, 0.15) is 6.42 Å². The van der Waals surface area contributed by atoms with E-state index in [1.807, 2.05) is 0 Å². The Bertz CT molecular complexity index is 413. The van der Waals surface area contributed by atoms with Crippen LogP contribution < -0.4 is 5.32 Å². The first-order chi connectivity index (χ1) is 8.91. The average Bonchev–Trinajstić information content (AvgIpc) is 2.94. The molecule has 7 heteroatoms. The summed E-state index contributed by atoms with van der Waals surface area (Å²) in [6.45, 7) is -0.569. The van der Waals surface area contributed by atoms with Crippen LogP contribution in [-0.4, -0.2) is 41.2 Å². The Balaban J connectivity index is 1.98. The predicted molar refractivity (Wildman–Crippen MR) is 60.4 cm³/mol. The maximum absolute atomic E-state index is 12.1. The van der Waals surface area contributed by atoms with E-state index in [4.69, 9.17) is 10.2 Å². The number of allylic oxidation sites excluding steroid dienone is 2. The molecule has 2 aliphatic carbocycles. The van der Waals surface area contributed by atoms with Crippen molar-refractivity contribution in [3.63, 3.8) is 0 Å². The number of carboxylic acids is 1. The molecular weight excluding hydrogens is 260 g/mol. The summed E-state index contributed by atoms with van der Waals surface area (Å²) in [4.78, 5) is 23.1. The van der Waals surface area contributed by atoms with E-state index >= 15 is 0 Å². The molecular formula is C12H15F2NO4. The molecule has 0 aromatic carbocycles. The maximum Gasteiger partial charge on any atom is 0.307 e. The van der Waals surface area contributed by atoms with Crippen LogP contribution in [0.4, 0.5) is 8.78 Å². The third-order valence-electron chi connectivity index (χ3n) is 3.82. The number of alkyl halides is 2. The van der Waals surface area contributed by atoms with Gasteiger partial charge >= 0.3 is 5.97 Å². The Kier molecular flexibility index (Phi) is 3.84. The van der Waals surface area contributed by atoms with Gasteiger partial charge in [-0.2, -0.15) is 0 Å². The minimum Gasteiger partial charge on any atom is -0.481 e. The number of rotatable bonds is 5. The van der Waals surface area contributed by atoms with E-state index in [0.717, 1.165) is 0 Å². The molecule has 0 aliphatic heterocycles. The van der Waals surface area contributed by atoms with Crippen LogP contribution in [0, 0.1) is 23.7 Å². The second-order valence-corrected chi connectivity index (χ2v) is 4.99. The summed E-state index contributed by atoms with van der Waals surface area (Å²) in [5.41, 5.74) is 0. The van der Waals surface area contributed by atoms with Gasteiger partial charge in [0, 0.05) is 6.54 Å². The Morgan fingerprint density at radius 3 is 2.37 bits per heavy atom. The van der Waals surface area contributed by atoms with Crippen molar-refractivity contribution in [1.29, 1.82) is 0 Å². The molecule has 0 aromatic rings. The number of hydrogen-bond acceptors (Lipinski definition) is 3. The smallest absolute Gasteiger partial charge is 0.307 e. The van der Waals surface area contributed by atoms with Gasteiger partial charge in [0.2, 0.25) is 5.91 Å². The normalized spacial score (nSPS) is 33.7. The van der Waals surface area contributed by atoms with Crippen molar-refractivity contribution in [3.8, 4) is 0 Å². The number of carbonyl (C=O) groups excluding carboxylic acids is 1. The van der Waals surface area contributed by atoms with Crippen LogP contribution in [0.25, 0.3) is 0 Å². The lowest BCUT2D eigenvalue weighted by atomic mass is 9.82. The summed E-state index contributed by atoms with van der Waals surface area (Å²) in [6.07, 6.45) is -0.664. The van der Waals surface area contributed by atoms with Gasteiger partial charge in [0.25, 0.3) is 6.43 Å². The predicted octanol–water partition coefficient (Wildman–Crippen LogP) is 0.252. The SMILES string of the molecule is O=C(O)C1C2C=CC(C2)C1C(=O)NCC(O)C(F)F. The van der Waals surface area contributed by atoms with Crippen LogP contribution in [0.2, 0.25) is 0 Å². The molecule has 5 atom stereocenters. The molecule has 5 unspecified atom stereocenters. The summed E-state index contributed by atoms with van der Waals surface area (Å²) in [7, 11) is 0. The average molecular weight is 275 g/mol. The lowest BCUT2D eigenvalue weighted by Crippen LogP contribution is -2.43. The fourth-order valence-corrected chi connectivity index (χ4v) is 2.93. The van der Waals surface area contributed by atoms with Crippen molar-refractivity contribution in [3.05, 3.63) is 12.2 Å². The van der Waals surface area contributed by atoms with E-state index in [0.29, 0.717) is 6.42 Å². The first-order valence-corrected chi connectivity index (χ1v) is 6.07. The molecule has 1 fully saturated rings. The van der Waals surface area contributed by atoms with Gasteiger partial charge in [-0.05, 0) is 18.3 Å². The number of hydrogen-bond donors (Lipinski definition) is 3. The van der Waals surface area contributed by atoms with E-state index in [1.165, 1.54) is 0 Å². The monoisotopic (exact) mass is 275 g/mol. The minimum atomic E-state index is -2.93. The molecule has 0 aromatic heterocycles. The molecule has 2 bridgehead atoms. The number of aliphatic hydroxyl groups is 1. The van der Waals surface area contributed by atoms with Crippen LogP contribution in [0.5, 0.6) is 0 Å². The molecule has 106 valence electrons. The van der Waals surface area contributed by atoms with Crippen molar-refractivity contribution in [2.45, 2.75) is 19.0 Å². The van der Waals surface area contributed by atoms with E-state index in [2.05, 4.69) is 5.32 Å². The van der Waals surface area contributed by atoms with Gasteiger partial charge in [-0.1, -0.05) is 12.2 Å². The highest BCUT2D eigenvalue weighted by Gasteiger charge is 2.51. The number of amides is 1. The molecule has 1 amide bonds. The summed E-state index contributed by atoms with van der Waals surface area (Å²) in [5.74, 6) is -3.50. The van der Waals surface area contributed by atoms with E-state index in [1.54, 1.807) is 12.2 Å². The Morgan fingerprint density at radius 1 is 1.26 bits per heavy atom. The zero-order chi connectivity index (χ0) is 14.2. The Hall–Kier alpha value is -1.50. The van der Waals surface area contributed by atoms with Crippen molar-refractivity contribution in [1.82, 2.24) is 5.32 Å². The number of carboxylic acid groups (broad SMARTS) is 1. The van der Waals surface area contributed by atoms with Gasteiger partial charge in [0.15, 0.2) is 0 Å².